The molecule has 8 heteroatoms. The van der Waals surface area contributed by atoms with Gasteiger partial charge in [0.1, 0.15) is 9.71 Å². The highest BCUT2D eigenvalue weighted by Crippen LogP contribution is 2.35. The Balaban J connectivity index is 1.56. The van der Waals surface area contributed by atoms with Gasteiger partial charge in [0.05, 0.1) is 12.8 Å². The number of carbonyl (C=O) groups is 1. The topological polar surface area (TPSA) is 101 Å². The minimum absolute atomic E-state index is 0.0620. The molecule has 0 saturated carbocycles. The third kappa shape index (κ3) is 3.36. The number of rotatable bonds is 4. The molecule has 3 aromatic rings. The van der Waals surface area contributed by atoms with Gasteiger partial charge in [-0.25, -0.2) is 4.98 Å². The van der Waals surface area contributed by atoms with E-state index in [1.54, 1.807) is 18.2 Å². The molecule has 146 valence electrons. The van der Waals surface area contributed by atoms with Gasteiger partial charge in [-0.05, 0) is 36.4 Å². The number of anilines is 1. The van der Waals surface area contributed by atoms with E-state index in [0.717, 1.165) is 41.0 Å². The molecule has 0 bridgehead atoms. The number of fused-ring (bicyclic) bond motifs is 2. The van der Waals surface area contributed by atoms with Crippen molar-refractivity contribution in [3.63, 3.8) is 0 Å². The van der Waals surface area contributed by atoms with Gasteiger partial charge in [0, 0.05) is 37.1 Å². The smallest absolute Gasteiger partial charge is 0.263 e. The number of aromatic nitrogens is 1. The Kier molecular flexibility index (Phi) is 4.82. The molecule has 0 radical (unpaired) electrons. The van der Waals surface area contributed by atoms with Crippen LogP contribution in [0.1, 0.15) is 26.5 Å². The fourth-order valence-electron chi connectivity index (χ4n) is 3.40. The van der Waals surface area contributed by atoms with Crippen molar-refractivity contribution >= 4 is 33.1 Å². The Morgan fingerprint density at radius 2 is 2.25 bits per heavy atom. The Hall–Kier alpha value is -2.84. The van der Waals surface area contributed by atoms with Crippen molar-refractivity contribution < 1.29 is 14.6 Å². The van der Waals surface area contributed by atoms with Gasteiger partial charge < -0.3 is 25.8 Å². The number of nitrogens with one attached hydrogen (secondary N) is 1. The van der Waals surface area contributed by atoms with Crippen LogP contribution in [0.25, 0.3) is 10.2 Å². The largest absolute Gasteiger partial charge is 0.504 e. The van der Waals surface area contributed by atoms with Crippen LogP contribution < -0.4 is 15.8 Å². The molecule has 1 aromatic carbocycles. The summed E-state index contributed by atoms with van der Waals surface area (Å²) < 4.78 is 5.10. The number of nitrogens with two attached hydrogens (primary N) is 1. The molecule has 2 aromatic heterocycles. The van der Waals surface area contributed by atoms with Gasteiger partial charge in [-0.1, -0.05) is 6.07 Å². The number of methoxy groups -OCH3 is 1. The van der Waals surface area contributed by atoms with Crippen LogP contribution in [0.15, 0.2) is 24.3 Å². The first-order chi connectivity index (χ1) is 13.5. The second-order valence-electron chi connectivity index (χ2n) is 6.97. The van der Waals surface area contributed by atoms with Crippen LogP contribution in [0, 0.1) is 0 Å². The number of nitrogens with zero attached hydrogens (tertiary/aromatic N) is 2. The highest BCUT2D eigenvalue weighted by atomic mass is 32.1. The number of carbonyl (C=O) groups excluding carboxylic acids is 1. The quantitative estimate of drug-likeness (QED) is 0.624. The molecule has 0 unspecified atom stereocenters. The molecule has 4 N–H and O–H groups in total. The Bertz CT molecular complexity index is 1060. The highest BCUT2D eigenvalue weighted by molar-refractivity contribution is 7.21. The van der Waals surface area contributed by atoms with E-state index in [1.165, 1.54) is 24.0 Å². The van der Waals surface area contributed by atoms with E-state index in [0.29, 0.717) is 22.9 Å². The number of pyridine rings is 1. The monoisotopic (exact) mass is 398 g/mol. The minimum Gasteiger partial charge on any atom is -0.504 e. The van der Waals surface area contributed by atoms with Crippen molar-refractivity contribution in [3.05, 3.63) is 46.0 Å². The van der Waals surface area contributed by atoms with E-state index in [1.807, 2.05) is 0 Å². The summed E-state index contributed by atoms with van der Waals surface area (Å²) in [5, 5.41) is 13.4. The molecule has 0 atom stereocenters. The number of amides is 1. The Labute approximate surface area is 166 Å². The highest BCUT2D eigenvalue weighted by Gasteiger charge is 2.21. The predicted octanol–water partition coefficient (Wildman–Crippen LogP) is 2.51. The zero-order chi connectivity index (χ0) is 19.8. The van der Waals surface area contributed by atoms with Gasteiger partial charge in [-0.2, -0.15) is 0 Å². The molecule has 1 aliphatic heterocycles. The van der Waals surface area contributed by atoms with E-state index in [4.69, 9.17) is 15.5 Å². The molecular formula is C20H22N4O3S. The number of phenols is 1. The maximum atomic E-state index is 12.7. The lowest BCUT2D eigenvalue weighted by Crippen LogP contribution is -2.27. The molecule has 1 aliphatic rings. The van der Waals surface area contributed by atoms with Crippen LogP contribution in [0.4, 0.5) is 5.69 Å². The molecule has 0 saturated heterocycles. The summed E-state index contributed by atoms with van der Waals surface area (Å²) in [5.41, 5.74) is 9.85. The second-order valence-corrected chi connectivity index (χ2v) is 7.97. The zero-order valence-corrected chi connectivity index (χ0v) is 16.6. The number of likely N-dealkylation sites (N-methyl/N-ethyl adjacent to an activating group) is 1. The van der Waals surface area contributed by atoms with Crippen molar-refractivity contribution in [1.82, 2.24) is 15.2 Å². The van der Waals surface area contributed by atoms with Gasteiger partial charge in [0.25, 0.3) is 5.91 Å². The number of hydrogen-bond donors (Lipinski definition) is 3. The summed E-state index contributed by atoms with van der Waals surface area (Å²) in [6.07, 6.45) is 0.907. The van der Waals surface area contributed by atoms with Crippen LogP contribution >= 0.6 is 11.3 Å². The third-order valence-corrected chi connectivity index (χ3v) is 6.08. The lowest BCUT2D eigenvalue weighted by Gasteiger charge is -2.24. The summed E-state index contributed by atoms with van der Waals surface area (Å²) in [5.74, 6) is 0.197. The van der Waals surface area contributed by atoms with E-state index in [2.05, 4.69) is 23.3 Å². The maximum Gasteiger partial charge on any atom is 0.263 e. The Morgan fingerprint density at radius 3 is 3.04 bits per heavy atom. The SMILES string of the molecule is COc1cc(CNC(=O)c2sc3nc4c(cc3c2N)CN(C)CC4)ccc1O. The first-order valence-corrected chi connectivity index (χ1v) is 9.81. The van der Waals surface area contributed by atoms with E-state index in [9.17, 15) is 9.90 Å². The van der Waals surface area contributed by atoms with Crippen LogP contribution in [-0.2, 0) is 19.5 Å². The fraction of sp³-hybridized carbons (Fsp3) is 0.300. The van der Waals surface area contributed by atoms with Crippen molar-refractivity contribution in [2.75, 3.05) is 26.4 Å². The van der Waals surface area contributed by atoms with Crippen LogP contribution in [-0.4, -0.2) is 41.6 Å². The fourth-order valence-corrected chi connectivity index (χ4v) is 4.41. The summed E-state index contributed by atoms with van der Waals surface area (Å²) in [7, 11) is 3.57. The van der Waals surface area contributed by atoms with Crippen molar-refractivity contribution in [2.24, 2.45) is 0 Å². The summed E-state index contributed by atoms with van der Waals surface area (Å²) in [6.45, 7) is 2.13. The predicted molar refractivity (Wildman–Crippen MR) is 110 cm³/mol. The van der Waals surface area contributed by atoms with Crippen molar-refractivity contribution in [3.8, 4) is 11.5 Å². The van der Waals surface area contributed by atoms with Gasteiger partial charge in [0.15, 0.2) is 11.5 Å². The molecule has 3 heterocycles. The minimum atomic E-state index is -0.234. The molecule has 0 spiro atoms. The van der Waals surface area contributed by atoms with Crippen LogP contribution in [0.5, 0.6) is 11.5 Å². The van der Waals surface area contributed by atoms with E-state index < -0.39 is 0 Å². The molecule has 0 aliphatic carbocycles. The molecule has 4 rings (SSSR count). The number of thiophene rings is 1. The van der Waals surface area contributed by atoms with Crippen molar-refractivity contribution in [2.45, 2.75) is 19.5 Å². The number of ether oxygens (including phenoxy) is 1. The first-order valence-electron chi connectivity index (χ1n) is 8.99. The van der Waals surface area contributed by atoms with E-state index >= 15 is 0 Å². The van der Waals surface area contributed by atoms with E-state index in [-0.39, 0.29) is 11.7 Å². The summed E-state index contributed by atoms with van der Waals surface area (Å²) >= 11 is 1.32. The first kappa shape index (κ1) is 18.5. The third-order valence-electron chi connectivity index (χ3n) is 4.96. The van der Waals surface area contributed by atoms with Crippen LogP contribution in [0.3, 0.4) is 0 Å². The number of hydrogen-bond acceptors (Lipinski definition) is 7. The molecule has 28 heavy (non-hydrogen) atoms. The van der Waals surface area contributed by atoms with Gasteiger partial charge >= 0.3 is 0 Å². The summed E-state index contributed by atoms with van der Waals surface area (Å²) in [4.78, 5) is 21.0. The van der Waals surface area contributed by atoms with Gasteiger partial charge in [-0.3, -0.25) is 4.79 Å². The number of benzene rings is 1. The average molecular weight is 398 g/mol. The number of phenolic OH excluding ortho intramolecular Hbond substituents is 1. The second kappa shape index (κ2) is 7.29. The molecule has 0 fully saturated rings. The average Bonchev–Trinajstić information content (AvgIpc) is 3.01. The van der Waals surface area contributed by atoms with Crippen molar-refractivity contribution in [1.29, 1.82) is 0 Å². The molecule has 7 nitrogen and oxygen atoms in total. The lowest BCUT2D eigenvalue weighted by atomic mass is 10.0. The molecular weight excluding hydrogens is 376 g/mol. The number of nitrogen functional groups attached to an aromatic ring is 1. The summed E-state index contributed by atoms with van der Waals surface area (Å²) in [6, 6.07) is 7.04. The standard InChI is InChI=1S/C20H22N4O3S/c1-24-6-5-14-12(10-24)8-13-17(21)18(28-20(13)23-14)19(26)22-9-11-3-4-15(25)16(7-11)27-2/h3-4,7-8,25H,5-6,9-10,21H2,1-2H3,(H,22,26). The zero-order valence-electron chi connectivity index (χ0n) is 15.8. The Morgan fingerprint density at radius 1 is 1.43 bits per heavy atom. The van der Waals surface area contributed by atoms with Gasteiger partial charge in [0.2, 0.25) is 0 Å². The maximum absolute atomic E-state index is 12.7. The molecule has 1 amide bonds. The lowest BCUT2D eigenvalue weighted by molar-refractivity contribution is 0.0956. The number of aromatic hydroxyl groups is 1. The van der Waals surface area contributed by atoms with Crippen LogP contribution in [0.2, 0.25) is 0 Å². The normalized spacial score (nSPS) is 14.1. The van der Waals surface area contributed by atoms with Gasteiger partial charge in [-0.15, -0.1) is 11.3 Å².